The molecule has 100 valence electrons. The minimum absolute atomic E-state index is 0.0221. The molecule has 5 nitrogen and oxygen atoms in total. The van der Waals surface area contributed by atoms with Crippen LogP contribution in [0.1, 0.15) is 23.8 Å². The second kappa shape index (κ2) is 5.67. The van der Waals surface area contributed by atoms with Crippen LogP contribution in [-0.2, 0) is 11.8 Å². The first kappa shape index (κ1) is 13.3. The average molecular weight is 259 g/mol. The summed E-state index contributed by atoms with van der Waals surface area (Å²) < 4.78 is 1.60. The monoisotopic (exact) mass is 259 g/mol. The summed E-state index contributed by atoms with van der Waals surface area (Å²) in [7, 11) is 1.76. The van der Waals surface area contributed by atoms with E-state index in [1.807, 2.05) is 25.1 Å². The number of aryl methyl sites for hydroxylation is 2. The lowest BCUT2D eigenvalue weighted by Gasteiger charge is -2.11. The highest BCUT2D eigenvalue weighted by Gasteiger charge is 2.14. The van der Waals surface area contributed by atoms with E-state index < -0.39 is 6.10 Å². The molecule has 0 spiro atoms. The van der Waals surface area contributed by atoms with Crippen LogP contribution in [0.15, 0.2) is 36.4 Å². The molecule has 19 heavy (non-hydrogen) atoms. The molecule has 2 rings (SSSR count). The van der Waals surface area contributed by atoms with Crippen LogP contribution in [0, 0.1) is 6.92 Å². The summed E-state index contributed by atoms with van der Waals surface area (Å²) in [5, 5.41) is 16.8. The summed E-state index contributed by atoms with van der Waals surface area (Å²) in [6, 6.07) is 10.9. The molecule has 0 aliphatic rings. The summed E-state index contributed by atoms with van der Waals surface area (Å²) in [4.78, 5) is 11.8. The molecule has 0 aliphatic heterocycles. The first-order valence-corrected chi connectivity index (χ1v) is 6.10. The van der Waals surface area contributed by atoms with Crippen LogP contribution in [-0.4, -0.2) is 20.8 Å². The average Bonchev–Trinajstić information content (AvgIpc) is 2.68. The molecule has 1 amide bonds. The molecule has 0 bridgehead atoms. The molecule has 1 aromatic carbocycles. The van der Waals surface area contributed by atoms with Crippen molar-refractivity contribution in [2.75, 3.05) is 5.32 Å². The Labute approximate surface area is 111 Å². The number of hydrogen-bond acceptors (Lipinski definition) is 3. The Morgan fingerprint density at radius 1 is 1.42 bits per heavy atom. The number of aromatic nitrogens is 2. The van der Waals surface area contributed by atoms with Gasteiger partial charge in [0, 0.05) is 13.1 Å². The largest absolute Gasteiger partial charge is 0.388 e. The second-order valence-corrected chi connectivity index (χ2v) is 4.47. The number of nitrogens with zero attached hydrogens (tertiary/aromatic N) is 2. The van der Waals surface area contributed by atoms with Gasteiger partial charge in [-0.3, -0.25) is 9.48 Å². The molecule has 1 unspecified atom stereocenters. The van der Waals surface area contributed by atoms with E-state index in [2.05, 4.69) is 10.4 Å². The van der Waals surface area contributed by atoms with Crippen LogP contribution in [0.5, 0.6) is 0 Å². The minimum atomic E-state index is -0.796. The lowest BCUT2D eigenvalue weighted by Crippen LogP contribution is -2.17. The van der Waals surface area contributed by atoms with Crippen molar-refractivity contribution in [3.05, 3.63) is 47.7 Å². The molecule has 1 aromatic heterocycles. The first-order chi connectivity index (χ1) is 9.06. The van der Waals surface area contributed by atoms with Crippen molar-refractivity contribution in [2.24, 2.45) is 7.05 Å². The molecule has 1 atom stereocenters. The van der Waals surface area contributed by atoms with Crippen molar-refractivity contribution in [3.63, 3.8) is 0 Å². The molecule has 0 saturated heterocycles. The van der Waals surface area contributed by atoms with E-state index in [4.69, 9.17) is 0 Å². The van der Waals surface area contributed by atoms with Gasteiger partial charge in [-0.2, -0.15) is 5.10 Å². The standard InChI is InChI=1S/C14H17N3O2/c1-10-8-13(17(2)16-10)15-14(19)9-12(18)11-6-4-3-5-7-11/h3-8,12,18H,9H2,1-2H3,(H,15,19). The molecule has 0 aliphatic carbocycles. The Balaban J connectivity index is 1.96. The maximum atomic E-state index is 11.8. The van der Waals surface area contributed by atoms with Crippen LogP contribution >= 0.6 is 0 Å². The second-order valence-electron chi connectivity index (χ2n) is 4.47. The van der Waals surface area contributed by atoms with E-state index in [-0.39, 0.29) is 12.3 Å². The summed E-state index contributed by atoms with van der Waals surface area (Å²) in [5.74, 6) is 0.391. The minimum Gasteiger partial charge on any atom is -0.388 e. The fourth-order valence-electron chi connectivity index (χ4n) is 1.89. The van der Waals surface area contributed by atoms with E-state index in [1.165, 1.54) is 0 Å². The molecule has 2 N–H and O–H groups in total. The molecular weight excluding hydrogens is 242 g/mol. The quantitative estimate of drug-likeness (QED) is 0.879. The van der Waals surface area contributed by atoms with E-state index in [1.54, 1.807) is 29.9 Å². The van der Waals surface area contributed by atoms with E-state index in [0.29, 0.717) is 5.82 Å². The fraction of sp³-hybridized carbons (Fsp3) is 0.286. The number of amides is 1. The summed E-state index contributed by atoms with van der Waals surface area (Å²) in [6.07, 6.45) is -0.774. The molecule has 5 heteroatoms. The first-order valence-electron chi connectivity index (χ1n) is 6.10. The third kappa shape index (κ3) is 3.42. The lowest BCUT2D eigenvalue weighted by molar-refractivity contribution is -0.118. The zero-order valence-corrected chi connectivity index (χ0v) is 11.0. The van der Waals surface area contributed by atoms with Crippen molar-refractivity contribution in [1.29, 1.82) is 0 Å². The number of anilines is 1. The van der Waals surface area contributed by atoms with Crippen molar-refractivity contribution < 1.29 is 9.90 Å². The highest BCUT2D eigenvalue weighted by atomic mass is 16.3. The van der Waals surface area contributed by atoms with Crippen LogP contribution in [0.3, 0.4) is 0 Å². The predicted octanol–water partition coefficient (Wildman–Crippen LogP) is 1.79. The van der Waals surface area contributed by atoms with Gasteiger partial charge in [-0.25, -0.2) is 0 Å². The third-order valence-electron chi connectivity index (χ3n) is 2.83. The summed E-state index contributed by atoms with van der Waals surface area (Å²) in [5.41, 5.74) is 1.57. The number of carbonyl (C=O) groups excluding carboxylic acids is 1. The van der Waals surface area contributed by atoms with Crippen molar-refractivity contribution in [3.8, 4) is 0 Å². The van der Waals surface area contributed by atoms with Gasteiger partial charge in [-0.15, -0.1) is 0 Å². The maximum Gasteiger partial charge on any atom is 0.228 e. The molecule has 1 heterocycles. The zero-order valence-electron chi connectivity index (χ0n) is 11.0. The van der Waals surface area contributed by atoms with Gasteiger partial charge in [0.05, 0.1) is 18.2 Å². The van der Waals surface area contributed by atoms with Crippen LogP contribution in [0.4, 0.5) is 5.82 Å². The van der Waals surface area contributed by atoms with Crippen LogP contribution in [0.25, 0.3) is 0 Å². The Morgan fingerprint density at radius 3 is 2.68 bits per heavy atom. The van der Waals surface area contributed by atoms with Crippen LogP contribution < -0.4 is 5.32 Å². The number of benzene rings is 1. The van der Waals surface area contributed by atoms with Crippen molar-refractivity contribution in [1.82, 2.24) is 9.78 Å². The summed E-state index contributed by atoms with van der Waals surface area (Å²) in [6.45, 7) is 1.86. The Bertz CT molecular complexity index is 563. The van der Waals surface area contributed by atoms with Gasteiger partial charge in [0.15, 0.2) is 0 Å². The van der Waals surface area contributed by atoms with Gasteiger partial charge in [0.25, 0.3) is 0 Å². The third-order valence-corrected chi connectivity index (χ3v) is 2.83. The number of aliphatic hydroxyl groups is 1. The number of rotatable bonds is 4. The normalized spacial score (nSPS) is 12.2. The Kier molecular flexibility index (Phi) is 3.97. The van der Waals surface area contributed by atoms with Gasteiger partial charge in [-0.1, -0.05) is 30.3 Å². The van der Waals surface area contributed by atoms with Crippen LogP contribution in [0.2, 0.25) is 0 Å². The van der Waals surface area contributed by atoms with E-state index in [0.717, 1.165) is 11.3 Å². The topological polar surface area (TPSA) is 67.2 Å². The zero-order chi connectivity index (χ0) is 13.8. The van der Waals surface area contributed by atoms with Gasteiger partial charge < -0.3 is 10.4 Å². The number of hydrogen-bond donors (Lipinski definition) is 2. The van der Waals surface area contributed by atoms with Crippen molar-refractivity contribution >= 4 is 11.7 Å². The predicted molar refractivity (Wildman–Crippen MR) is 72.6 cm³/mol. The molecular formula is C14H17N3O2. The molecule has 2 aromatic rings. The van der Waals surface area contributed by atoms with E-state index >= 15 is 0 Å². The maximum absolute atomic E-state index is 11.8. The Hall–Kier alpha value is -2.14. The number of nitrogens with one attached hydrogen (secondary N) is 1. The smallest absolute Gasteiger partial charge is 0.228 e. The van der Waals surface area contributed by atoms with Gasteiger partial charge in [0.2, 0.25) is 5.91 Å². The van der Waals surface area contributed by atoms with Gasteiger partial charge >= 0.3 is 0 Å². The van der Waals surface area contributed by atoms with E-state index in [9.17, 15) is 9.90 Å². The van der Waals surface area contributed by atoms with Gasteiger partial charge in [-0.05, 0) is 12.5 Å². The van der Waals surface area contributed by atoms with Crippen molar-refractivity contribution in [2.45, 2.75) is 19.4 Å². The highest BCUT2D eigenvalue weighted by molar-refractivity contribution is 5.90. The Morgan fingerprint density at radius 2 is 2.11 bits per heavy atom. The molecule has 0 fully saturated rings. The number of carbonyl (C=O) groups is 1. The highest BCUT2D eigenvalue weighted by Crippen LogP contribution is 2.17. The summed E-state index contributed by atoms with van der Waals surface area (Å²) >= 11 is 0. The fourth-order valence-corrected chi connectivity index (χ4v) is 1.89. The SMILES string of the molecule is Cc1cc(NC(=O)CC(O)c2ccccc2)n(C)n1. The lowest BCUT2D eigenvalue weighted by atomic mass is 10.1. The molecule has 0 radical (unpaired) electrons. The molecule has 0 saturated carbocycles. The van der Waals surface area contributed by atoms with Gasteiger partial charge in [0.1, 0.15) is 5.82 Å². The number of aliphatic hydroxyl groups excluding tert-OH is 1.